The first-order valence-electron chi connectivity index (χ1n) is 20.8. The van der Waals surface area contributed by atoms with Gasteiger partial charge in [0.05, 0.1) is 22.1 Å². The Bertz CT molecular complexity index is 3460. The van der Waals surface area contributed by atoms with E-state index in [9.17, 15) is 0 Å². The van der Waals surface area contributed by atoms with E-state index in [0.29, 0.717) is 0 Å². The van der Waals surface area contributed by atoms with Crippen LogP contribution < -0.4 is 4.90 Å². The summed E-state index contributed by atoms with van der Waals surface area (Å²) in [4.78, 5) is 2.34. The van der Waals surface area contributed by atoms with Gasteiger partial charge >= 0.3 is 0 Å². The summed E-state index contributed by atoms with van der Waals surface area (Å²) in [6.45, 7) is 0. The van der Waals surface area contributed by atoms with E-state index in [1.165, 1.54) is 49.3 Å². The van der Waals surface area contributed by atoms with Crippen molar-refractivity contribution < 1.29 is 4.42 Å². The van der Waals surface area contributed by atoms with Crippen molar-refractivity contribution in [1.82, 2.24) is 4.57 Å². The molecule has 0 atom stereocenters. The van der Waals surface area contributed by atoms with E-state index >= 15 is 0 Å². The highest BCUT2D eigenvalue weighted by Gasteiger charge is 2.23. The Morgan fingerprint density at radius 2 is 0.852 bits per heavy atom. The average Bonchev–Trinajstić information content (AvgIpc) is 3.89. The minimum Gasteiger partial charge on any atom is -0.455 e. The van der Waals surface area contributed by atoms with Crippen LogP contribution in [0.15, 0.2) is 235 Å². The molecule has 0 aliphatic carbocycles. The van der Waals surface area contributed by atoms with Crippen LogP contribution in [-0.2, 0) is 0 Å². The van der Waals surface area contributed by atoms with Gasteiger partial charge in [0.25, 0.3) is 0 Å². The van der Waals surface area contributed by atoms with Crippen molar-refractivity contribution >= 4 is 71.6 Å². The van der Waals surface area contributed by atoms with E-state index in [0.717, 1.165) is 61.3 Å². The van der Waals surface area contributed by atoms with Gasteiger partial charge < -0.3 is 13.9 Å². The summed E-state index contributed by atoms with van der Waals surface area (Å²) in [6, 6.07) is 82.7. The lowest BCUT2D eigenvalue weighted by atomic mass is 9.98. The van der Waals surface area contributed by atoms with Crippen molar-refractivity contribution in [2.24, 2.45) is 0 Å². The Kier molecular flexibility index (Phi) is 8.17. The van der Waals surface area contributed by atoms with Gasteiger partial charge in [-0.15, -0.1) is 0 Å². The van der Waals surface area contributed by atoms with Crippen LogP contribution in [0.5, 0.6) is 0 Å². The molecule has 0 aliphatic rings. The van der Waals surface area contributed by atoms with Gasteiger partial charge in [-0.3, -0.25) is 0 Å². The molecule has 0 spiro atoms. The zero-order valence-corrected chi connectivity index (χ0v) is 33.2. The first-order chi connectivity index (χ1) is 30.3. The number of hydrogen-bond acceptors (Lipinski definition) is 2. The second kappa shape index (κ2) is 14.3. The fraction of sp³-hybridized carbons (Fsp3) is 0. The number of anilines is 3. The normalized spacial score (nSPS) is 11.6. The van der Waals surface area contributed by atoms with Crippen molar-refractivity contribution in [2.75, 3.05) is 4.90 Å². The standard InChI is InChI=1S/C58H38N2O/c1-3-14-39(15-4-1)41-26-32-45(33-27-41)59(46-34-28-42(29-35-46)40-16-5-2-6-17-40)47-36-30-44(31-37-47)51-38-52-49-21-9-11-23-54(49)60(53-24-13-19-43-18-7-8-20-48(43)53)57(52)56-50-22-10-12-25-55(50)61-58(51)56/h1-38H. The van der Waals surface area contributed by atoms with E-state index in [1.54, 1.807) is 0 Å². The number of fused-ring (bicyclic) bond motifs is 8. The molecule has 0 radical (unpaired) electrons. The van der Waals surface area contributed by atoms with Crippen LogP contribution in [0.3, 0.4) is 0 Å². The minimum atomic E-state index is 0.877. The monoisotopic (exact) mass is 778 g/mol. The van der Waals surface area contributed by atoms with Gasteiger partial charge in [0.1, 0.15) is 11.2 Å². The maximum Gasteiger partial charge on any atom is 0.145 e. The lowest BCUT2D eigenvalue weighted by Gasteiger charge is -2.26. The highest BCUT2D eigenvalue weighted by molar-refractivity contribution is 6.27. The maximum absolute atomic E-state index is 6.91. The lowest BCUT2D eigenvalue weighted by Crippen LogP contribution is -2.09. The van der Waals surface area contributed by atoms with Crippen molar-refractivity contribution in [1.29, 1.82) is 0 Å². The van der Waals surface area contributed by atoms with Gasteiger partial charge in [-0.25, -0.2) is 0 Å². The molecule has 0 unspecified atom stereocenters. The lowest BCUT2D eigenvalue weighted by molar-refractivity contribution is 0.670. The Labute approximate surface area is 353 Å². The SMILES string of the molecule is c1ccc(-c2ccc(N(c3ccc(-c4ccccc4)cc3)c3ccc(-c4cc5c6ccccc6n(-c6cccc7ccccc67)c5c5c4oc4ccccc45)cc3)cc2)cc1. The van der Waals surface area contributed by atoms with Crippen LogP contribution in [0.4, 0.5) is 17.1 Å². The Morgan fingerprint density at radius 3 is 1.49 bits per heavy atom. The molecule has 2 heterocycles. The van der Waals surface area contributed by atoms with Gasteiger partial charge in [0, 0.05) is 44.2 Å². The molecule has 3 nitrogen and oxygen atoms in total. The van der Waals surface area contributed by atoms with E-state index in [4.69, 9.17) is 4.42 Å². The molecule has 2 aromatic heterocycles. The van der Waals surface area contributed by atoms with E-state index in [2.05, 4.69) is 240 Å². The third kappa shape index (κ3) is 5.82. The average molecular weight is 779 g/mol. The molecule has 3 heteroatoms. The third-order valence-corrected chi connectivity index (χ3v) is 12.2. The van der Waals surface area contributed by atoms with Gasteiger partial charge in [0.15, 0.2) is 0 Å². The fourth-order valence-corrected chi connectivity index (χ4v) is 9.31. The summed E-state index contributed by atoms with van der Waals surface area (Å²) in [5, 5.41) is 7.05. The summed E-state index contributed by atoms with van der Waals surface area (Å²) in [5.41, 5.74) is 15.4. The highest BCUT2D eigenvalue weighted by atomic mass is 16.3. The number of hydrogen-bond donors (Lipinski definition) is 0. The number of benzene rings is 10. The molecule has 12 aromatic rings. The zero-order chi connectivity index (χ0) is 40.3. The smallest absolute Gasteiger partial charge is 0.145 e. The first kappa shape index (κ1) is 34.9. The molecule has 61 heavy (non-hydrogen) atoms. The Balaban J connectivity index is 1.04. The van der Waals surface area contributed by atoms with Crippen molar-refractivity contribution in [3.8, 4) is 39.1 Å². The second-order valence-corrected chi connectivity index (χ2v) is 15.7. The predicted molar refractivity (Wildman–Crippen MR) is 257 cm³/mol. The van der Waals surface area contributed by atoms with Gasteiger partial charge in [-0.05, 0) is 93.9 Å². The van der Waals surface area contributed by atoms with Crippen LogP contribution in [0.1, 0.15) is 0 Å². The molecule has 0 amide bonds. The number of furan rings is 1. The first-order valence-corrected chi connectivity index (χ1v) is 20.8. The van der Waals surface area contributed by atoms with E-state index in [1.807, 2.05) is 0 Å². The number of nitrogens with zero attached hydrogens (tertiary/aromatic N) is 2. The topological polar surface area (TPSA) is 21.3 Å². The minimum absolute atomic E-state index is 0.877. The van der Waals surface area contributed by atoms with Crippen molar-refractivity contribution in [3.05, 3.63) is 231 Å². The zero-order valence-electron chi connectivity index (χ0n) is 33.2. The largest absolute Gasteiger partial charge is 0.455 e. The molecule has 0 N–H and O–H groups in total. The van der Waals surface area contributed by atoms with Crippen LogP contribution in [0.2, 0.25) is 0 Å². The molecule has 12 rings (SSSR count). The van der Waals surface area contributed by atoms with E-state index in [-0.39, 0.29) is 0 Å². The summed E-state index contributed by atoms with van der Waals surface area (Å²) >= 11 is 0. The number of para-hydroxylation sites is 2. The molecule has 10 aromatic carbocycles. The summed E-state index contributed by atoms with van der Waals surface area (Å²) in [5.74, 6) is 0. The fourth-order valence-electron chi connectivity index (χ4n) is 9.31. The number of rotatable bonds is 7. The summed E-state index contributed by atoms with van der Waals surface area (Å²) in [6.07, 6.45) is 0. The van der Waals surface area contributed by atoms with Crippen LogP contribution in [0.25, 0.3) is 93.6 Å². The van der Waals surface area contributed by atoms with Gasteiger partial charge in [0.2, 0.25) is 0 Å². The molecule has 0 bridgehead atoms. The second-order valence-electron chi connectivity index (χ2n) is 15.7. The molecular formula is C58H38N2O. The quantitative estimate of drug-likeness (QED) is 0.161. The molecule has 0 saturated carbocycles. The molecule has 0 aliphatic heterocycles. The van der Waals surface area contributed by atoms with Crippen LogP contribution >= 0.6 is 0 Å². The van der Waals surface area contributed by atoms with Gasteiger partial charge in [-0.2, -0.15) is 0 Å². The van der Waals surface area contributed by atoms with Gasteiger partial charge in [-0.1, -0.05) is 170 Å². The Hall–Kier alpha value is -8.14. The molecule has 0 saturated heterocycles. The highest BCUT2D eigenvalue weighted by Crippen LogP contribution is 2.46. The van der Waals surface area contributed by atoms with Crippen molar-refractivity contribution in [3.63, 3.8) is 0 Å². The molecular weight excluding hydrogens is 741 g/mol. The van der Waals surface area contributed by atoms with Crippen LogP contribution in [-0.4, -0.2) is 4.57 Å². The van der Waals surface area contributed by atoms with E-state index < -0.39 is 0 Å². The Morgan fingerprint density at radius 1 is 0.361 bits per heavy atom. The summed E-state index contributed by atoms with van der Waals surface area (Å²) in [7, 11) is 0. The van der Waals surface area contributed by atoms with Crippen molar-refractivity contribution in [2.45, 2.75) is 0 Å². The molecule has 286 valence electrons. The third-order valence-electron chi connectivity index (χ3n) is 12.2. The molecule has 0 fully saturated rings. The maximum atomic E-state index is 6.91. The summed E-state index contributed by atoms with van der Waals surface area (Å²) < 4.78 is 9.36. The van der Waals surface area contributed by atoms with Crippen LogP contribution in [0, 0.1) is 0 Å². The predicted octanol–water partition coefficient (Wildman–Crippen LogP) is 16.3. The number of aromatic nitrogens is 1.